The first-order valence-electron chi connectivity index (χ1n) is 3.56. The zero-order valence-corrected chi connectivity index (χ0v) is 6.79. The quantitative estimate of drug-likeness (QED) is 0.480. The van der Waals surface area contributed by atoms with E-state index in [-0.39, 0.29) is 11.8 Å². The molecule has 0 aromatic heterocycles. The number of rotatable bonds is 3. The molecule has 1 unspecified atom stereocenters. The van der Waals surface area contributed by atoms with Crippen LogP contribution in [-0.4, -0.2) is 23.2 Å². The molecule has 3 nitrogen and oxygen atoms in total. The fourth-order valence-electron chi connectivity index (χ4n) is 0.875. The minimum absolute atomic E-state index is 0.0556. The Morgan fingerprint density at radius 2 is 2.20 bits per heavy atom. The van der Waals surface area contributed by atoms with Crippen LogP contribution >= 0.6 is 0 Å². The molecule has 1 N–H and O–H groups in total. The second-order valence-electron chi connectivity index (χ2n) is 2.55. The van der Waals surface area contributed by atoms with Gasteiger partial charge in [0.25, 0.3) is 0 Å². The van der Waals surface area contributed by atoms with Gasteiger partial charge in [-0.15, -0.1) is 0 Å². The van der Waals surface area contributed by atoms with Gasteiger partial charge < -0.3 is 0 Å². The fourth-order valence-corrected chi connectivity index (χ4v) is 0.875. The molecule has 0 radical (unpaired) electrons. The van der Waals surface area contributed by atoms with Crippen LogP contribution in [0.15, 0.2) is 0 Å². The lowest BCUT2D eigenvalue weighted by Gasteiger charge is -2.13. The van der Waals surface area contributed by atoms with Crippen molar-refractivity contribution in [2.45, 2.75) is 26.7 Å². The fraction of sp³-hybridized carbons (Fsp3) is 0.857. The Bertz CT molecular complexity index is 112. The van der Waals surface area contributed by atoms with Crippen LogP contribution in [0.1, 0.15) is 26.7 Å². The predicted molar refractivity (Wildman–Crippen MR) is 38.6 cm³/mol. The third kappa shape index (κ3) is 2.82. The van der Waals surface area contributed by atoms with Crippen molar-refractivity contribution in [3.63, 3.8) is 0 Å². The molecule has 0 heterocycles. The van der Waals surface area contributed by atoms with Crippen LogP contribution in [0.3, 0.4) is 0 Å². The molecule has 0 aliphatic rings. The third-order valence-electron chi connectivity index (χ3n) is 1.46. The SMILES string of the molecule is CCCC(C)C(=O)N(C)O. The van der Waals surface area contributed by atoms with E-state index < -0.39 is 0 Å². The summed E-state index contributed by atoms with van der Waals surface area (Å²) in [5.74, 6) is -0.262. The van der Waals surface area contributed by atoms with Crippen molar-refractivity contribution in [2.75, 3.05) is 7.05 Å². The summed E-state index contributed by atoms with van der Waals surface area (Å²) in [6.07, 6.45) is 1.81. The molecule has 1 atom stereocenters. The largest absolute Gasteiger partial charge is 0.286 e. The first-order chi connectivity index (χ1) is 4.59. The Kier molecular flexibility index (Phi) is 4.03. The summed E-state index contributed by atoms with van der Waals surface area (Å²) in [4.78, 5) is 10.9. The lowest BCUT2D eigenvalue weighted by Crippen LogP contribution is -2.28. The third-order valence-corrected chi connectivity index (χ3v) is 1.46. The molecule has 0 aromatic rings. The minimum atomic E-state index is -0.207. The van der Waals surface area contributed by atoms with Gasteiger partial charge in [-0.3, -0.25) is 10.0 Å². The molecule has 0 spiro atoms. The maximum absolute atomic E-state index is 10.9. The van der Waals surface area contributed by atoms with E-state index >= 15 is 0 Å². The van der Waals surface area contributed by atoms with Crippen molar-refractivity contribution in [1.29, 1.82) is 0 Å². The first kappa shape index (κ1) is 9.43. The van der Waals surface area contributed by atoms with Crippen molar-refractivity contribution in [2.24, 2.45) is 5.92 Å². The summed E-state index contributed by atoms with van der Waals surface area (Å²) in [7, 11) is 1.36. The van der Waals surface area contributed by atoms with Gasteiger partial charge >= 0.3 is 0 Å². The van der Waals surface area contributed by atoms with Gasteiger partial charge in [-0.25, -0.2) is 5.06 Å². The molecule has 0 fully saturated rings. The van der Waals surface area contributed by atoms with E-state index in [0.29, 0.717) is 5.06 Å². The van der Waals surface area contributed by atoms with Gasteiger partial charge in [0.05, 0.1) is 0 Å². The van der Waals surface area contributed by atoms with Crippen molar-refractivity contribution in [1.82, 2.24) is 5.06 Å². The van der Waals surface area contributed by atoms with Gasteiger partial charge in [-0.2, -0.15) is 0 Å². The van der Waals surface area contributed by atoms with Crippen LogP contribution in [0, 0.1) is 5.92 Å². The smallest absolute Gasteiger partial charge is 0.248 e. The monoisotopic (exact) mass is 145 g/mol. The minimum Gasteiger partial charge on any atom is -0.286 e. The van der Waals surface area contributed by atoms with E-state index in [4.69, 9.17) is 5.21 Å². The Morgan fingerprint density at radius 3 is 2.50 bits per heavy atom. The molecule has 0 aromatic carbocycles. The van der Waals surface area contributed by atoms with Gasteiger partial charge in [0, 0.05) is 13.0 Å². The molecular weight excluding hydrogens is 130 g/mol. The summed E-state index contributed by atoms with van der Waals surface area (Å²) in [5, 5.41) is 9.35. The molecule has 0 aliphatic carbocycles. The van der Waals surface area contributed by atoms with Crippen LogP contribution in [0.2, 0.25) is 0 Å². The molecule has 0 saturated heterocycles. The number of nitrogens with zero attached hydrogens (tertiary/aromatic N) is 1. The first-order valence-corrected chi connectivity index (χ1v) is 3.56. The van der Waals surface area contributed by atoms with E-state index in [1.165, 1.54) is 7.05 Å². The number of hydrogen-bond acceptors (Lipinski definition) is 2. The Labute approximate surface area is 61.6 Å². The molecule has 0 aliphatic heterocycles. The standard InChI is InChI=1S/C7H15NO2/c1-4-5-6(2)7(9)8(3)10/h6,10H,4-5H2,1-3H3. The Morgan fingerprint density at radius 1 is 1.70 bits per heavy atom. The molecule has 10 heavy (non-hydrogen) atoms. The predicted octanol–water partition coefficient (Wildman–Crippen LogP) is 1.27. The Balaban J connectivity index is 3.71. The highest BCUT2D eigenvalue weighted by Crippen LogP contribution is 2.06. The summed E-state index contributed by atoms with van der Waals surface area (Å²) >= 11 is 0. The number of amides is 1. The van der Waals surface area contributed by atoms with Gasteiger partial charge in [-0.1, -0.05) is 20.3 Å². The zero-order valence-electron chi connectivity index (χ0n) is 6.79. The average Bonchev–Trinajstić information content (AvgIpc) is 1.87. The van der Waals surface area contributed by atoms with Crippen LogP contribution in [-0.2, 0) is 4.79 Å². The summed E-state index contributed by atoms with van der Waals surface area (Å²) in [6.45, 7) is 3.83. The lowest BCUT2D eigenvalue weighted by atomic mass is 10.1. The highest BCUT2D eigenvalue weighted by atomic mass is 16.5. The highest BCUT2D eigenvalue weighted by molar-refractivity contribution is 5.76. The summed E-state index contributed by atoms with van der Waals surface area (Å²) in [5.41, 5.74) is 0. The lowest BCUT2D eigenvalue weighted by molar-refractivity contribution is -0.163. The summed E-state index contributed by atoms with van der Waals surface area (Å²) in [6, 6.07) is 0. The molecule has 60 valence electrons. The van der Waals surface area contributed by atoms with E-state index in [1.807, 2.05) is 13.8 Å². The van der Waals surface area contributed by atoms with Gasteiger partial charge in [0.1, 0.15) is 0 Å². The second-order valence-corrected chi connectivity index (χ2v) is 2.55. The Hall–Kier alpha value is -0.570. The highest BCUT2D eigenvalue weighted by Gasteiger charge is 2.13. The number of hydrogen-bond donors (Lipinski definition) is 1. The van der Waals surface area contributed by atoms with Crippen molar-refractivity contribution in [3.8, 4) is 0 Å². The van der Waals surface area contributed by atoms with E-state index in [2.05, 4.69) is 0 Å². The van der Waals surface area contributed by atoms with Crippen LogP contribution in [0.4, 0.5) is 0 Å². The second kappa shape index (κ2) is 4.28. The van der Waals surface area contributed by atoms with Crippen molar-refractivity contribution < 1.29 is 10.0 Å². The van der Waals surface area contributed by atoms with Gasteiger partial charge in [-0.05, 0) is 6.42 Å². The normalized spacial score (nSPS) is 12.8. The van der Waals surface area contributed by atoms with E-state index in [9.17, 15) is 4.79 Å². The molecular formula is C7H15NO2. The van der Waals surface area contributed by atoms with Gasteiger partial charge in [0.2, 0.25) is 5.91 Å². The van der Waals surface area contributed by atoms with Crippen LogP contribution < -0.4 is 0 Å². The molecule has 0 bridgehead atoms. The number of hydroxylamine groups is 2. The van der Waals surface area contributed by atoms with Gasteiger partial charge in [0.15, 0.2) is 0 Å². The molecule has 3 heteroatoms. The van der Waals surface area contributed by atoms with Crippen molar-refractivity contribution in [3.05, 3.63) is 0 Å². The van der Waals surface area contributed by atoms with E-state index in [1.54, 1.807) is 0 Å². The number of carbonyl (C=O) groups is 1. The maximum Gasteiger partial charge on any atom is 0.248 e. The summed E-state index contributed by atoms with van der Waals surface area (Å²) < 4.78 is 0. The maximum atomic E-state index is 10.9. The van der Waals surface area contributed by atoms with Crippen LogP contribution in [0.25, 0.3) is 0 Å². The van der Waals surface area contributed by atoms with Crippen molar-refractivity contribution >= 4 is 5.91 Å². The molecule has 1 amide bonds. The average molecular weight is 145 g/mol. The zero-order chi connectivity index (χ0) is 8.15. The molecule has 0 saturated carbocycles. The van der Waals surface area contributed by atoms with Crippen LogP contribution in [0.5, 0.6) is 0 Å². The topological polar surface area (TPSA) is 40.5 Å². The van der Waals surface area contributed by atoms with E-state index in [0.717, 1.165) is 12.8 Å². The number of carbonyl (C=O) groups excluding carboxylic acids is 1. The molecule has 0 rings (SSSR count).